The maximum atomic E-state index is 13.1. The van der Waals surface area contributed by atoms with Gasteiger partial charge < -0.3 is 5.32 Å². The molecular weight excluding hydrogens is 478 g/mol. The number of piperidine rings is 1. The van der Waals surface area contributed by atoms with Crippen LogP contribution in [0.3, 0.4) is 0 Å². The molecule has 1 aliphatic heterocycles. The van der Waals surface area contributed by atoms with E-state index in [0.717, 1.165) is 11.8 Å². The van der Waals surface area contributed by atoms with E-state index in [-0.39, 0.29) is 36.1 Å². The zero-order valence-electron chi connectivity index (χ0n) is 21.2. The van der Waals surface area contributed by atoms with Crippen molar-refractivity contribution in [1.82, 2.24) is 23.6 Å². The van der Waals surface area contributed by atoms with Crippen molar-refractivity contribution in [3.63, 3.8) is 0 Å². The van der Waals surface area contributed by atoms with Crippen molar-refractivity contribution in [2.24, 2.45) is 5.41 Å². The van der Waals surface area contributed by atoms with E-state index in [1.807, 2.05) is 4.72 Å². The maximum Gasteiger partial charge on any atom is 0.279 e. The highest BCUT2D eigenvalue weighted by Crippen LogP contribution is 2.34. The number of halogens is 2. The molecule has 12 heteroatoms. The molecule has 0 radical (unpaired) electrons. The van der Waals surface area contributed by atoms with Crippen LogP contribution < -0.4 is 15.6 Å². The summed E-state index contributed by atoms with van der Waals surface area (Å²) < 4.78 is 55.7. The van der Waals surface area contributed by atoms with Gasteiger partial charge in [0, 0.05) is 49.2 Å². The third kappa shape index (κ3) is 6.53. The van der Waals surface area contributed by atoms with Gasteiger partial charge in [-0.2, -0.15) is 22.4 Å². The largest absolute Gasteiger partial charge is 0.351 e. The number of pyridine rings is 1. The molecule has 1 atom stereocenters. The fraction of sp³-hybridized carbons (Fsp3) is 0.696. The molecule has 0 aromatic carbocycles. The molecule has 2 aromatic heterocycles. The van der Waals surface area contributed by atoms with Crippen LogP contribution >= 0.6 is 0 Å². The minimum absolute atomic E-state index is 0.0587. The Hall–Kier alpha value is -2.18. The number of rotatable bonds is 8. The van der Waals surface area contributed by atoms with Gasteiger partial charge in [0.05, 0.1) is 6.54 Å². The normalized spacial score (nSPS) is 17.6. The van der Waals surface area contributed by atoms with Gasteiger partial charge in [-0.3, -0.25) is 9.36 Å². The van der Waals surface area contributed by atoms with Crippen molar-refractivity contribution in [2.45, 2.75) is 78.8 Å². The molecule has 0 saturated carbocycles. The summed E-state index contributed by atoms with van der Waals surface area (Å²) in [7, 11) is -3.98. The Labute approximate surface area is 205 Å². The van der Waals surface area contributed by atoms with E-state index in [9.17, 15) is 22.0 Å². The van der Waals surface area contributed by atoms with Crippen molar-refractivity contribution in [2.75, 3.05) is 25.0 Å². The molecule has 2 N–H and O–H groups in total. The van der Waals surface area contributed by atoms with Crippen LogP contribution in [0, 0.1) is 12.3 Å². The number of fused-ring (bicyclic) bond motifs is 1. The molecule has 35 heavy (non-hydrogen) atoms. The zero-order valence-corrected chi connectivity index (χ0v) is 22.0. The van der Waals surface area contributed by atoms with E-state index in [0.29, 0.717) is 36.9 Å². The number of alkyl halides is 2. The third-order valence-corrected chi connectivity index (χ3v) is 7.90. The van der Waals surface area contributed by atoms with E-state index < -0.39 is 22.7 Å². The number of aryl methyl sites for hydroxylation is 1. The van der Waals surface area contributed by atoms with E-state index >= 15 is 0 Å². The van der Waals surface area contributed by atoms with Crippen molar-refractivity contribution in [3.05, 3.63) is 28.2 Å². The topological polar surface area (TPSA) is 109 Å². The van der Waals surface area contributed by atoms with Crippen LogP contribution in [0.1, 0.15) is 65.5 Å². The lowest BCUT2D eigenvalue weighted by molar-refractivity contribution is 0.0277. The lowest BCUT2D eigenvalue weighted by Gasteiger charge is -2.33. The van der Waals surface area contributed by atoms with Crippen LogP contribution in [0.25, 0.3) is 11.0 Å². The minimum Gasteiger partial charge on any atom is -0.351 e. The van der Waals surface area contributed by atoms with Crippen LogP contribution in [0.5, 0.6) is 0 Å². The predicted molar refractivity (Wildman–Crippen MR) is 133 cm³/mol. The van der Waals surface area contributed by atoms with Crippen molar-refractivity contribution < 1.29 is 17.2 Å². The highest BCUT2D eigenvalue weighted by atomic mass is 32.2. The fourth-order valence-corrected chi connectivity index (χ4v) is 5.84. The average molecular weight is 515 g/mol. The zero-order chi connectivity index (χ0) is 26.2. The second-order valence-electron chi connectivity index (χ2n) is 10.5. The highest BCUT2D eigenvalue weighted by Gasteiger charge is 2.32. The van der Waals surface area contributed by atoms with Crippen LogP contribution in [0.15, 0.2) is 17.1 Å². The monoisotopic (exact) mass is 514 g/mol. The summed E-state index contributed by atoms with van der Waals surface area (Å²) in [5.41, 5.74) is 0.955. The fourth-order valence-electron chi connectivity index (χ4n) is 4.53. The summed E-state index contributed by atoms with van der Waals surface area (Å²) in [4.78, 5) is 22.3. The molecule has 0 aliphatic carbocycles. The Morgan fingerprint density at radius 1 is 1.20 bits per heavy atom. The van der Waals surface area contributed by atoms with Crippen molar-refractivity contribution in [1.29, 1.82) is 0 Å². The molecule has 196 valence electrons. The Morgan fingerprint density at radius 2 is 1.83 bits per heavy atom. The average Bonchev–Trinajstić information content (AvgIpc) is 2.75. The van der Waals surface area contributed by atoms with Gasteiger partial charge in [0.1, 0.15) is 5.65 Å². The lowest BCUT2D eigenvalue weighted by atomic mass is 9.84. The molecule has 0 amide bonds. The quantitative estimate of drug-likeness (QED) is 0.558. The summed E-state index contributed by atoms with van der Waals surface area (Å²) in [6.45, 7) is 10.2. The Kier molecular flexibility index (Phi) is 7.88. The summed E-state index contributed by atoms with van der Waals surface area (Å²) in [5.74, 6) is -2.76. The molecule has 1 fully saturated rings. The van der Waals surface area contributed by atoms with Crippen LogP contribution in [0.4, 0.5) is 14.7 Å². The van der Waals surface area contributed by atoms with Crippen LogP contribution in [-0.2, 0) is 10.2 Å². The molecule has 2 aromatic rings. The van der Waals surface area contributed by atoms with Gasteiger partial charge in [-0.1, -0.05) is 27.7 Å². The van der Waals surface area contributed by atoms with Gasteiger partial charge in [-0.05, 0) is 37.7 Å². The van der Waals surface area contributed by atoms with Gasteiger partial charge >= 0.3 is 0 Å². The van der Waals surface area contributed by atoms with E-state index in [1.54, 1.807) is 23.8 Å². The second kappa shape index (κ2) is 10.1. The third-order valence-electron chi connectivity index (χ3n) is 6.34. The van der Waals surface area contributed by atoms with Crippen molar-refractivity contribution in [3.8, 4) is 0 Å². The molecule has 3 heterocycles. The number of aromatic nitrogens is 3. The van der Waals surface area contributed by atoms with Crippen molar-refractivity contribution >= 4 is 27.2 Å². The maximum absolute atomic E-state index is 13.1. The summed E-state index contributed by atoms with van der Waals surface area (Å²) in [6.07, 6.45) is 3.38. The Balaban J connectivity index is 1.80. The first-order valence-electron chi connectivity index (χ1n) is 11.9. The SMILES string of the molecule is CC[C@@H](n1c(=O)c(C)cc2cnc(NC3CCN(S(=O)(=O)NCC(C)(F)F)CC3)nc21)C(C)(C)C. The number of hydrogen-bond acceptors (Lipinski definition) is 6. The molecule has 9 nitrogen and oxygen atoms in total. The first-order chi connectivity index (χ1) is 16.1. The standard InChI is InChI=1S/C23H36F2N6O3S/c1-7-18(22(3,4)5)31-19-16(12-15(2)20(31)32)13-26-21(29-19)28-17-8-10-30(11-9-17)35(33,34)27-14-23(6,24)25/h12-13,17-18,27H,7-11,14H2,1-6H3,(H,26,28,29)/t18-/m1/s1. The Bertz CT molecular complexity index is 1210. The van der Waals surface area contributed by atoms with E-state index in [1.165, 1.54) is 4.31 Å². The predicted octanol–water partition coefficient (Wildman–Crippen LogP) is 3.46. The molecular formula is C23H36F2N6O3S. The van der Waals surface area contributed by atoms with Crippen LogP contribution in [-0.4, -0.2) is 58.9 Å². The highest BCUT2D eigenvalue weighted by molar-refractivity contribution is 7.87. The minimum atomic E-state index is -3.98. The number of anilines is 1. The molecule has 3 rings (SSSR count). The Morgan fingerprint density at radius 3 is 2.37 bits per heavy atom. The van der Waals surface area contributed by atoms with E-state index in [2.05, 4.69) is 38.0 Å². The first kappa shape index (κ1) is 27.4. The lowest BCUT2D eigenvalue weighted by Crippen LogP contribution is -2.49. The van der Waals surface area contributed by atoms with Gasteiger partial charge in [-0.15, -0.1) is 0 Å². The second-order valence-corrected chi connectivity index (χ2v) is 12.2. The summed E-state index contributed by atoms with van der Waals surface area (Å²) >= 11 is 0. The number of nitrogens with zero attached hydrogens (tertiary/aromatic N) is 4. The van der Waals surface area contributed by atoms with Gasteiger partial charge in [0.15, 0.2) is 0 Å². The van der Waals surface area contributed by atoms with Gasteiger partial charge in [-0.25, -0.2) is 13.8 Å². The number of hydrogen-bond donors (Lipinski definition) is 2. The van der Waals surface area contributed by atoms with Gasteiger partial charge in [0.2, 0.25) is 5.95 Å². The molecule has 1 saturated heterocycles. The molecule has 0 unspecified atom stereocenters. The molecule has 1 aliphatic rings. The van der Waals surface area contributed by atoms with Crippen LogP contribution in [0.2, 0.25) is 0 Å². The molecule has 0 bridgehead atoms. The molecule has 0 spiro atoms. The smallest absolute Gasteiger partial charge is 0.279 e. The number of nitrogens with one attached hydrogen (secondary N) is 2. The first-order valence-corrected chi connectivity index (χ1v) is 13.3. The van der Waals surface area contributed by atoms with E-state index in [4.69, 9.17) is 4.98 Å². The summed E-state index contributed by atoms with van der Waals surface area (Å²) in [5, 5.41) is 4.03. The summed E-state index contributed by atoms with van der Waals surface area (Å²) in [6, 6.07) is 1.64. The van der Waals surface area contributed by atoms with Gasteiger partial charge in [0.25, 0.3) is 21.7 Å².